The van der Waals surface area contributed by atoms with Gasteiger partial charge in [0.25, 0.3) is 0 Å². The number of allylic oxidation sites excluding steroid dienone is 26. The summed E-state index contributed by atoms with van der Waals surface area (Å²) >= 11 is 0. The van der Waals surface area contributed by atoms with Gasteiger partial charge in [-0.3, -0.25) is 14.4 Å². The molecule has 0 aromatic rings. The number of carbonyl (C=O) groups excluding carboxylic acids is 3. The molecule has 71 heavy (non-hydrogen) atoms. The van der Waals surface area contributed by atoms with Crippen LogP contribution in [-0.4, -0.2) is 37.2 Å². The van der Waals surface area contributed by atoms with Gasteiger partial charge in [0.05, 0.1) is 0 Å². The number of hydrogen-bond donors (Lipinski definition) is 0. The van der Waals surface area contributed by atoms with Gasteiger partial charge in [-0.2, -0.15) is 0 Å². The molecule has 0 unspecified atom stereocenters. The molecular weight excluding hydrogens is 877 g/mol. The lowest BCUT2D eigenvalue weighted by molar-refractivity contribution is -0.166. The summed E-state index contributed by atoms with van der Waals surface area (Å²) in [4.78, 5) is 38.1. The van der Waals surface area contributed by atoms with E-state index in [4.69, 9.17) is 14.2 Å². The van der Waals surface area contributed by atoms with E-state index in [0.29, 0.717) is 19.3 Å². The number of ether oxygens (including phenoxy) is 3. The monoisotopic (exact) mass is 977 g/mol. The van der Waals surface area contributed by atoms with Crippen LogP contribution in [0.5, 0.6) is 0 Å². The first-order chi connectivity index (χ1) is 35.0. The Morgan fingerprint density at radius 3 is 0.944 bits per heavy atom. The van der Waals surface area contributed by atoms with Crippen LogP contribution in [-0.2, 0) is 28.6 Å². The van der Waals surface area contributed by atoms with Gasteiger partial charge in [0.1, 0.15) is 13.2 Å². The summed E-state index contributed by atoms with van der Waals surface area (Å²) in [6.07, 6.45) is 83.9. The van der Waals surface area contributed by atoms with Crippen molar-refractivity contribution in [3.8, 4) is 0 Å². The fourth-order valence-electron chi connectivity index (χ4n) is 6.83. The topological polar surface area (TPSA) is 78.9 Å². The Kier molecular flexibility index (Phi) is 53.6. The fourth-order valence-corrected chi connectivity index (χ4v) is 6.83. The molecule has 0 aromatic carbocycles. The molecule has 0 N–H and O–H groups in total. The molecule has 0 aliphatic heterocycles. The summed E-state index contributed by atoms with van der Waals surface area (Å²) in [5.74, 6) is -1.14. The molecule has 0 rings (SSSR count). The van der Waals surface area contributed by atoms with Crippen LogP contribution in [0, 0.1) is 0 Å². The molecule has 6 heteroatoms. The van der Waals surface area contributed by atoms with Crippen molar-refractivity contribution in [2.45, 2.75) is 219 Å². The Balaban J connectivity index is 4.67. The summed E-state index contributed by atoms with van der Waals surface area (Å²) < 4.78 is 16.7. The van der Waals surface area contributed by atoms with E-state index >= 15 is 0 Å². The van der Waals surface area contributed by atoms with Crippen LogP contribution in [0.25, 0.3) is 0 Å². The maximum Gasteiger partial charge on any atom is 0.306 e. The Bertz CT molecular complexity index is 1640. The largest absolute Gasteiger partial charge is 0.462 e. The highest BCUT2D eigenvalue weighted by molar-refractivity contribution is 5.71. The second-order valence-corrected chi connectivity index (χ2v) is 17.7. The zero-order valence-corrected chi connectivity index (χ0v) is 45.2. The minimum absolute atomic E-state index is 0.147. The van der Waals surface area contributed by atoms with E-state index in [9.17, 15) is 14.4 Å². The van der Waals surface area contributed by atoms with Crippen molar-refractivity contribution in [3.63, 3.8) is 0 Å². The highest BCUT2D eigenvalue weighted by atomic mass is 16.6. The average molecular weight is 978 g/mol. The lowest BCUT2D eigenvalue weighted by Crippen LogP contribution is -2.30. The summed E-state index contributed by atoms with van der Waals surface area (Å²) in [7, 11) is 0. The Morgan fingerprint density at radius 1 is 0.296 bits per heavy atom. The maximum atomic E-state index is 12.8. The van der Waals surface area contributed by atoms with Gasteiger partial charge in [-0.1, -0.05) is 224 Å². The van der Waals surface area contributed by atoms with Crippen LogP contribution in [0.2, 0.25) is 0 Å². The molecule has 6 nitrogen and oxygen atoms in total. The van der Waals surface area contributed by atoms with Gasteiger partial charge in [-0.15, -0.1) is 0 Å². The van der Waals surface area contributed by atoms with Crippen LogP contribution in [0.4, 0.5) is 0 Å². The van der Waals surface area contributed by atoms with Gasteiger partial charge in [0.2, 0.25) is 0 Å². The van der Waals surface area contributed by atoms with E-state index in [1.54, 1.807) is 0 Å². The van der Waals surface area contributed by atoms with Gasteiger partial charge in [-0.05, 0) is 128 Å². The Hall–Kier alpha value is -4.97. The zero-order chi connectivity index (χ0) is 51.4. The molecule has 0 aliphatic rings. The first-order valence-corrected chi connectivity index (χ1v) is 28.0. The van der Waals surface area contributed by atoms with Crippen molar-refractivity contribution in [1.29, 1.82) is 0 Å². The van der Waals surface area contributed by atoms with Gasteiger partial charge in [0, 0.05) is 19.3 Å². The molecule has 0 fully saturated rings. The van der Waals surface area contributed by atoms with Gasteiger partial charge < -0.3 is 14.2 Å². The maximum absolute atomic E-state index is 12.8. The molecule has 0 aromatic heterocycles. The average Bonchev–Trinajstić information content (AvgIpc) is 3.37. The van der Waals surface area contributed by atoms with Crippen LogP contribution >= 0.6 is 0 Å². The van der Waals surface area contributed by atoms with Gasteiger partial charge in [0.15, 0.2) is 6.10 Å². The predicted molar refractivity (Wildman–Crippen MR) is 306 cm³/mol. The van der Waals surface area contributed by atoms with Gasteiger partial charge in [-0.25, -0.2) is 0 Å². The fraction of sp³-hybridized carbons (Fsp3) is 0.554. The van der Waals surface area contributed by atoms with Crippen molar-refractivity contribution in [3.05, 3.63) is 158 Å². The van der Waals surface area contributed by atoms with E-state index in [1.807, 2.05) is 24.3 Å². The third kappa shape index (κ3) is 55.8. The van der Waals surface area contributed by atoms with Crippen LogP contribution in [0.1, 0.15) is 213 Å². The minimum Gasteiger partial charge on any atom is -0.462 e. The number of hydrogen-bond acceptors (Lipinski definition) is 6. The summed E-state index contributed by atoms with van der Waals surface area (Å²) in [5.41, 5.74) is 0. The van der Waals surface area contributed by atoms with Crippen LogP contribution < -0.4 is 0 Å². The Labute approximate surface area is 435 Å². The molecule has 0 radical (unpaired) electrons. The molecule has 0 heterocycles. The molecule has 0 aliphatic carbocycles. The number of esters is 3. The lowest BCUT2D eigenvalue weighted by atomic mass is 10.1. The quantitative estimate of drug-likeness (QED) is 0.0262. The summed E-state index contributed by atoms with van der Waals surface area (Å²) in [6.45, 7) is 6.31. The SMILES string of the molecule is CC/C=C\C/C=C\C/C=C\CCCCCCCC(=O)OC[C@H](COC(=O)CC/C=C\C/C=C\C/C=C\C/C=C\C/C=C\CCCCC)OC(=O)CC/C=C\C/C=C\C/C=C\C/C=C\C/C=C\CCCCC. The minimum atomic E-state index is -0.863. The van der Waals surface area contributed by atoms with Gasteiger partial charge >= 0.3 is 17.9 Å². The summed E-state index contributed by atoms with van der Waals surface area (Å²) in [5, 5.41) is 0. The van der Waals surface area contributed by atoms with E-state index in [-0.39, 0.29) is 38.0 Å². The zero-order valence-electron chi connectivity index (χ0n) is 45.2. The van der Waals surface area contributed by atoms with Crippen molar-refractivity contribution in [2.24, 2.45) is 0 Å². The van der Waals surface area contributed by atoms with Crippen molar-refractivity contribution in [1.82, 2.24) is 0 Å². The van der Waals surface area contributed by atoms with E-state index in [2.05, 4.69) is 154 Å². The smallest absolute Gasteiger partial charge is 0.306 e. The lowest BCUT2D eigenvalue weighted by Gasteiger charge is -2.18. The summed E-state index contributed by atoms with van der Waals surface area (Å²) in [6, 6.07) is 0. The van der Waals surface area contributed by atoms with E-state index in [0.717, 1.165) is 109 Å². The molecule has 0 saturated heterocycles. The normalized spacial score (nSPS) is 13.3. The number of carbonyl (C=O) groups is 3. The molecular formula is C65H100O6. The van der Waals surface area contributed by atoms with E-state index in [1.165, 1.54) is 51.4 Å². The first kappa shape index (κ1) is 66.0. The third-order valence-corrected chi connectivity index (χ3v) is 11.0. The highest BCUT2D eigenvalue weighted by Crippen LogP contribution is 2.11. The second kappa shape index (κ2) is 57.6. The standard InChI is InChI=1S/C65H100O6/c1-4-7-10-13-16-19-22-25-28-30-32-34-37-40-43-46-49-52-55-58-64(67)70-61-62(60-69-63(66)57-54-51-48-45-42-39-36-27-24-21-18-15-12-9-6-3)71-65(68)59-56-53-50-47-44-41-38-35-33-31-29-26-23-20-17-14-11-8-5-2/h9,12,16-21,25-29,32-36,40-41,43-44,49-50,52-53,62H,4-8,10-11,13-15,22-24,30-31,37-39,42,45-48,51,54-61H2,1-3H3/b12-9-,19-16-,20-17-,21-18-,28-25-,29-26-,34-32-,35-33-,36-27-,43-40-,44-41-,52-49-,53-50-/t62-/m1/s1. The van der Waals surface area contributed by atoms with Crippen molar-refractivity contribution in [2.75, 3.05) is 13.2 Å². The first-order valence-electron chi connectivity index (χ1n) is 28.0. The highest BCUT2D eigenvalue weighted by Gasteiger charge is 2.19. The predicted octanol–water partition coefficient (Wildman–Crippen LogP) is 19.0. The molecule has 396 valence electrons. The molecule has 0 saturated carbocycles. The molecule has 0 amide bonds. The second-order valence-electron chi connectivity index (χ2n) is 17.7. The third-order valence-electron chi connectivity index (χ3n) is 11.0. The molecule has 1 atom stereocenters. The van der Waals surface area contributed by atoms with Crippen molar-refractivity contribution < 1.29 is 28.6 Å². The van der Waals surface area contributed by atoms with E-state index < -0.39 is 12.1 Å². The number of unbranched alkanes of at least 4 members (excludes halogenated alkanes) is 11. The Morgan fingerprint density at radius 2 is 0.577 bits per heavy atom. The molecule has 0 spiro atoms. The van der Waals surface area contributed by atoms with Crippen LogP contribution in [0.3, 0.4) is 0 Å². The van der Waals surface area contributed by atoms with Crippen LogP contribution in [0.15, 0.2) is 158 Å². The number of rotatable bonds is 48. The molecule has 0 bridgehead atoms. The van der Waals surface area contributed by atoms with Crippen molar-refractivity contribution >= 4 is 17.9 Å².